The van der Waals surface area contributed by atoms with Gasteiger partial charge in [-0.15, -0.1) is 0 Å². The number of sulfonamides is 1. The summed E-state index contributed by atoms with van der Waals surface area (Å²) in [5, 5.41) is 0. The molecule has 2 aliphatic rings. The lowest BCUT2D eigenvalue weighted by molar-refractivity contribution is 0.181. The lowest BCUT2D eigenvalue weighted by atomic mass is 9.78. The highest BCUT2D eigenvalue weighted by Gasteiger charge is 2.31. The van der Waals surface area contributed by atoms with Crippen LogP contribution in [0.3, 0.4) is 0 Å². The van der Waals surface area contributed by atoms with Gasteiger partial charge in [0, 0.05) is 11.7 Å². The van der Waals surface area contributed by atoms with Crippen LogP contribution in [-0.2, 0) is 14.8 Å². The number of benzene rings is 1. The SMILES string of the molecule is CC1CCCC(NS(=O)(=O)c2ccc(N3CCOC3=O)cc2)C1C. The molecule has 3 atom stereocenters. The summed E-state index contributed by atoms with van der Waals surface area (Å²) in [4.78, 5) is 13.3. The Bertz CT molecular complexity index is 702. The Morgan fingerprint density at radius 2 is 1.88 bits per heavy atom. The molecule has 0 radical (unpaired) electrons. The van der Waals surface area contributed by atoms with Gasteiger partial charge in [-0.3, -0.25) is 4.90 Å². The van der Waals surface area contributed by atoms with Gasteiger partial charge < -0.3 is 4.74 Å². The van der Waals surface area contributed by atoms with E-state index in [2.05, 4.69) is 18.6 Å². The van der Waals surface area contributed by atoms with E-state index in [1.807, 2.05) is 0 Å². The van der Waals surface area contributed by atoms with Crippen LogP contribution in [0.5, 0.6) is 0 Å². The summed E-state index contributed by atoms with van der Waals surface area (Å²) in [6.07, 6.45) is 2.69. The average Bonchev–Trinajstić information content (AvgIpc) is 2.98. The molecule has 1 aromatic carbocycles. The second-order valence-electron chi connectivity index (χ2n) is 6.75. The van der Waals surface area contributed by atoms with E-state index < -0.39 is 16.1 Å². The predicted molar refractivity (Wildman–Crippen MR) is 91.4 cm³/mol. The molecule has 2 fully saturated rings. The molecule has 3 rings (SSSR count). The first kappa shape index (κ1) is 17.2. The molecule has 1 aliphatic heterocycles. The second kappa shape index (κ2) is 6.72. The molecule has 6 nitrogen and oxygen atoms in total. The molecule has 132 valence electrons. The van der Waals surface area contributed by atoms with E-state index in [-0.39, 0.29) is 10.9 Å². The number of nitrogens with one attached hydrogen (secondary N) is 1. The minimum absolute atomic E-state index is 0.0213. The van der Waals surface area contributed by atoms with Crippen molar-refractivity contribution in [2.45, 2.75) is 44.0 Å². The highest BCUT2D eigenvalue weighted by Crippen LogP contribution is 2.30. The van der Waals surface area contributed by atoms with Gasteiger partial charge in [-0.25, -0.2) is 17.9 Å². The van der Waals surface area contributed by atoms with Crippen LogP contribution >= 0.6 is 0 Å². The molecule has 1 heterocycles. The highest BCUT2D eigenvalue weighted by atomic mass is 32.2. The van der Waals surface area contributed by atoms with Gasteiger partial charge in [0.1, 0.15) is 6.61 Å². The van der Waals surface area contributed by atoms with Crippen LogP contribution in [0, 0.1) is 11.8 Å². The summed E-state index contributed by atoms with van der Waals surface area (Å²) in [6, 6.07) is 6.36. The maximum Gasteiger partial charge on any atom is 0.414 e. The van der Waals surface area contributed by atoms with E-state index >= 15 is 0 Å². The third-order valence-corrected chi connectivity index (χ3v) is 6.74. The molecule has 7 heteroatoms. The minimum Gasteiger partial charge on any atom is -0.447 e. The summed E-state index contributed by atoms with van der Waals surface area (Å²) < 4.78 is 33.0. The maximum atomic E-state index is 12.6. The quantitative estimate of drug-likeness (QED) is 0.904. The normalized spacial score (nSPS) is 28.0. The standard InChI is InChI=1S/C17H24N2O4S/c1-12-4-3-5-16(13(12)2)18-24(21,22)15-8-6-14(7-9-15)19-10-11-23-17(19)20/h6-9,12-13,16,18H,3-5,10-11H2,1-2H3. The van der Waals surface area contributed by atoms with Crippen LogP contribution in [0.4, 0.5) is 10.5 Å². The molecule has 1 aliphatic carbocycles. The fraction of sp³-hybridized carbons (Fsp3) is 0.588. The zero-order chi connectivity index (χ0) is 17.3. The van der Waals surface area contributed by atoms with Crippen molar-refractivity contribution in [3.8, 4) is 0 Å². The number of hydrogen-bond donors (Lipinski definition) is 1. The van der Waals surface area contributed by atoms with E-state index in [1.54, 1.807) is 24.3 Å². The van der Waals surface area contributed by atoms with Crippen LogP contribution in [0.15, 0.2) is 29.2 Å². The molecular weight excluding hydrogens is 328 g/mol. The minimum atomic E-state index is -3.55. The van der Waals surface area contributed by atoms with Crippen molar-refractivity contribution < 1.29 is 17.9 Å². The van der Waals surface area contributed by atoms with Crippen molar-refractivity contribution in [2.75, 3.05) is 18.1 Å². The van der Waals surface area contributed by atoms with Gasteiger partial charge in [0.2, 0.25) is 10.0 Å². The highest BCUT2D eigenvalue weighted by molar-refractivity contribution is 7.89. The maximum absolute atomic E-state index is 12.6. The molecule has 1 amide bonds. The predicted octanol–water partition coefficient (Wildman–Crippen LogP) is 2.75. The van der Waals surface area contributed by atoms with Gasteiger partial charge in [-0.2, -0.15) is 0 Å². The Morgan fingerprint density at radius 3 is 2.50 bits per heavy atom. The van der Waals surface area contributed by atoms with Crippen molar-refractivity contribution in [3.63, 3.8) is 0 Å². The molecule has 1 saturated heterocycles. The number of carbonyl (C=O) groups excluding carboxylic acids is 1. The van der Waals surface area contributed by atoms with Crippen LogP contribution in [0.1, 0.15) is 33.1 Å². The van der Waals surface area contributed by atoms with Gasteiger partial charge in [0.15, 0.2) is 0 Å². The Morgan fingerprint density at radius 1 is 1.17 bits per heavy atom. The summed E-state index contributed by atoms with van der Waals surface area (Å²) in [6.45, 7) is 5.13. The number of anilines is 1. The van der Waals surface area contributed by atoms with Gasteiger partial charge in [0.25, 0.3) is 0 Å². The number of ether oxygens (including phenoxy) is 1. The third-order valence-electron chi connectivity index (χ3n) is 5.23. The first-order chi connectivity index (χ1) is 11.4. The Balaban J connectivity index is 1.74. The zero-order valence-electron chi connectivity index (χ0n) is 14.1. The third kappa shape index (κ3) is 3.42. The molecule has 1 N–H and O–H groups in total. The first-order valence-electron chi connectivity index (χ1n) is 8.45. The van der Waals surface area contributed by atoms with E-state index in [9.17, 15) is 13.2 Å². The van der Waals surface area contributed by atoms with Crippen molar-refractivity contribution in [1.29, 1.82) is 0 Å². The topological polar surface area (TPSA) is 75.7 Å². The molecule has 0 bridgehead atoms. The number of carbonyl (C=O) groups is 1. The number of hydrogen-bond acceptors (Lipinski definition) is 4. The Hall–Kier alpha value is -1.60. The molecule has 1 aromatic rings. The largest absolute Gasteiger partial charge is 0.447 e. The van der Waals surface area contributed by atoms with Crippen molar-refractivity contribution >= 4 is 21.8 Å². The van der Waals surface area contributed by atoms with Gasteiger partial charge in [0.05, 0.1) is 11.4 Å². The number of amides is 1. The number of nitrogens with zero attached hydrogens (tertiary/aromatic N) is 1. The fourth-order valence-corrected chi connectivity index (χ4v) is 4.81. The van der Waals surface area contributed by atoms with Crippen LogP contribution in [-0.4, -0.2) is 33.7 Å². The average molecular weight is 352 g/mol. The summed E-state index contributed by atoms with van der Waals surface area (Å²) >= 11 is 0. The van der Waals surface area contributed by atoms with Gasteiger partial charge >= 0.3 is 6.09 Å². The summed E-state index contributed by atoms with van der Waals surface area (Å²) in [7, 11) is -3.55. The first-order valence-corrected chi connectivity index (χ1v) is 9.93. The molecule has 3 unspecified atom stereocenters. The van der Waals surface area contributed by atoms with E-state index in [0.29, 0.717) is 30.7 Å². The summed E-state index contributed by atoms with van der Waals surface area (Å²) in [5.41, 5.74) is 0.649. The van der Waals surface area contributed by atoms with E-state index in [0.717, 1.165) is 19.3 Å². The van der Waals surface area contributed by atoms with Gasteiger partial charge in [-0.05, 0) is 42.5 Å². The van der Waals surface area contributed by atoms with Crippen molar-refractivity contribution in [1.82, 2.24) is 4.72 Å². The number of rotatable bonds is 4. The lowest BCUT2D eigenvalue weighted by Crippen LogP contribution is -2.43. The second-order valence-corrected chi connectivity index (χ2v) is 8.47. The number of cyclic esters (lactones) is 1. The Labute approximate surface area is 143 Å². The molecule has 0 spiro atoms. The molecular formula is C17H24N2O4S. The summed E-state index contributed by atoms with van der Waals surface area (Å²) in [5.74, 6) is 0.849. The lowest BCUT2D eigenvalue weighted by Gasteiger charge is -2.34. The molecule has 0 aromatic heterocycles. The van der Waals surface area contributed by atoms with Crippen molar-refractivity contribution in [3.05, 3.63) is 24.3 Å². The van der Waals surface area contributed by atoms with E-state index in [1.165, 1.54) is 4.90 Å². The monoisotopic (exact) mass is 352 g/mol. The van der Waals surface area contributed by atoms with Crippen LogP contribution in [0.25, 0.3) is 0 Å². The molecule has 1 saturated carbocycles. The smallest absolute Gasteiger partial charge is 0.414 e. The van der Waals surface area contributed by atoms with Crippen LogP contribution < -0.4 is 9.62 Å². The fourth-order valence-electron chi connectivity index (χ4n) is 3.45. The van der Waals surface area contributed by atoms with E-state index in [4.69, 9.17) is 4.74 Å². The van der Waals surface area contributed by atoms with Crippen LogP contribution in [0.2, 0.25) is 0 Å². The van der Waals surface area contributed by atoms with Gasteiger partial charge in [-0.1, -0.05) is 26.7 Å². The Kier molecular flexibility index (Phi) is 4.83. The zero-order valence-corrected chi connectivity index (χ0v) is 14.9. The van der Waals surface area contributed by atoms with Crippen molar-refractivity contribution in [2.24, 2.45) is 11.8 Å². The molecule has 24 heavy (non-hydrogen) atoms.